The molecular formula is C29H49NO5. The predicted octanol–water partition coefficient (Wildman–Crippen LogP) is 5.65. The number of anilines is 1. The van der Waals surface area contributed by atoms with Crippen LogP contribution in [0.3, 0.4) is 0 Å². The highest BCUT2D eigenvalue weighted by Crippen LogP contribution is 2.46. The van der Waals surface area contributed by atoms with E-state index < -0.39 is 11.4 Å². The number of benzene rings is 1. The molecule has 1 aromatic rings. The van der Waals surface area contributed by atoms with Gasteiger partial charge in [0.2, 0.25) is 0 Å². The van der Waals surface area contributed by atoms with Gasteiger partial charge in [-0.1, -0.05) is 26.0 Å². The van der Waals surface area contributed by atoms with Gasteiger partial charge in [0.1, 0.15) is 0 Å². The molecule has 0 unspecified atom stereocenters. The molecule has 1 heterocycles. The summed E-state index contributed by atoms with van der Waals surface area (Å²) in [5.74, 6) is -0.529. The minimum atomic E-state index is -0.848. The lowest BCUT2D eigenvalue weighted by Gasteiger charge is -2.48. The van der Waals surface area contributed by atoms with Gasteiger partial charge in [-0.15, -0.1) is 0 Å². The van der Waals surface area contributed by atoms with E-state index in [1.807, 2.05) is 0 Å². The van der Waals surface area contributed by atoms with Crippen LogP contribution >= 0.6 is 0 Å². The first kappa shape index (κ1) is 28.4. The lowest BCUT2D eigenvalue weighted by molar-refractivity contribution is -0.320. The molecule has 1 spiro atoms. The molecule has 0 aromatic heterocycles. The number of hydrogen-bond acceptors (Lipinski definition) is 6. The second-order valence-corrected chi connectivity index (χ2v) is 13.1. The van der Waals surface area contributed by atoms with Crippen LogP contribution in [-0.2, 0) is 24.5 Å². The first-order valence-corrected chi connectivity index (χ1v) is 13.2. The van der Waals surface area contributed by atoms with Gasteiger partial charge >= 0.3 is 0 Å². The average Bonchev–Trinajstić information content (AvgIpc) is 2.76. The van der Waals surface area contributed by atoms with Gasteiger partial charge in [-0.3, -0.25) is 0 Å². The molecule has 1 N–H and O–H groups in total. The van der Waals surface area contributed by atoms with E-state index in [-0.39, 0.29) is 16.6 Å². The third-order valence-electron chi connectivity index (χ3n) is 6.85. The molecule has 6 heteroatoms. The van der Waals surface area contributed by atoms with Crippen molar-refractivity contribution in [3.8, 4) is 0 Å². The van der Waals surface area contributed by atoms with Gasteiger partial charge in [-0.25, -0.2) is 0 Å². The van der Waals surface area contributed by atoms with Gasteiger partial charge in [0.25, 0.3) is 0 Å². The molecule has 1 saturated heterocycles. The highest BCUT2D eigenvalue weighted by molar-refractivity contribution is 5.48. The minimum Gasteiger partial charge on any atom is -0.385 e. The fraction of sp³-hybridized carbons (Fsp3) is 0.793. The summed E-state index contributed by atoms with van der Waals surface area (Å²) in [6.07, 6.45) is 2.69. The number of nitrogens with zero attached hydrogens (tertiary/aromatic N) is 1. The zero-order chi connectivity index (χ0) is 26.0. The first-order chi connectivity index (χ1) is 16.1. The van der Waals surface area contributed by atoms with E-state index in [2.05, 4.69) is 84.6 Å². The predicted molar refractivity (Wildman–Crippen MR) is 141 cm³/mol. The molecule has 0 radical (unpaired) electrons. The number of rotatable bonds is 8. The molecule has 2 aliphatic rings. The summed E-state index contributed by atoms with van der Waals surface area (Å²) in [4.78, 5) is 2.30. The van der Waals surface area contributed by atoms with Crippen LogP contribution in [0.4, 0.5) is 5.69 Å². The van der Waals surface area contributed by atoms with Crippen molar-refractivity contribution in [1.82, 2.24) is 0 Å². The van der Waals surface area contributed by atoms with Crippen molar-refractivity contribution < 1.29 is 24.1 Å². The Hall–Kier alpha value is -1.18. The van der Waals surface area contributed by atoms with Gasteiger partial charge in [-0.2, -0.15) is 0 Å². The van der Waals surface area contributed by atoms with Crippen molar-refractivity contribution in [2.24, 2.45) is 5.41 Å². The fourth-order valence-corrected chi connectivity index (χ4v) is 4.64. The maximum Gasteiger partial charge on any atom is 0.168 e. The Kier molecular flexibility index (Phi) is 8.65. The van der Waals surface area contributed by atoms with Crippen LogP contribution in [0.1, 0.15) is 86.6 Å². The van der Waals surface area contributed by atoms with Crippen molar-refractivity contribution in [2.45, 2.75) is 104 Å². The smallest absolute Gasteiger partial charge is 0.168 e. The SMILES string of the molecule is CC1(C)COC2(CCC(O)(c3ccc(N(CCOC(C)(C)C)CCOC(C)(C)C)cc3)CC2)OC1. The summed E-state index contributed by atoms with van der Waals surface area (Å²) in [6.45, 7) is 21.0. The van der Waals surface area contributed by atoms with Gasteiger partial charge in [0, 0.05) is 37.0 Å². The highest BCUT2D eigenvalue weighted by Gasteiger charge is 2.47. The van der Waals surface area contributed by atoms with Crippen LogP contribution in [0.25, 0.3) is 0 Å². The molecule has 1 saturated carbocycles. The lowest BCUT2D eigenvalue weighted by Crippen LogP contribution is -2.51. The Balaban J connectivity index is 1.63. The summed E-state index contributed by atoms with van der Waals surface area (Å²) in [5.41, 5.74) is 0.946. The maximum atomic E-state index is 11.5. The molecule has 200 valence electrons. The largest absolute Gasteiger partial charge is 0.385 e. The Morgan fingerprint density at radius 2 is 1.26 bits per heavy atom. The van der Waals surface area contributed by atoms with E-state index in [9.17, 15) is 5.11 Å². The van der Waals surface area contributed by atoms with Crippen LogP contribution in [-0.4, -0.2) is 61.6 Å². The zero-order valence-electron chi connectivity index (χ0n) is 23.4. The van der Waals surface area contributed by atoms with Crippen LogP contribution in [0.5, 0.6) is 0 Å². The quantitative estimate of drug-likeness (QED) is 0.507. The van der Waals surface area contributed by atoms with Crippen molar-refractivity contribution >= 4 is 5.69 Å². The van der Waals surface area contributed by atoms with Crippen LogP contribution in [0.15, 0.2) is 24.3 Å². The summed E-state index contributed by atoms with van der Waals surface area (Å²) < 4.78 is 24.3. The highest BCUT2D eigenvalue weighted by atomic mass is 16.7. The second-order valence-electron chi connectivity index (χ2n) is 13.1. The van der Waals surface area contributed by atoms with Gasteiger partial charge in [0.05, 0.1) is 43.2 Å². The average molecular weight is 492 g/mol. The number of aliphatic hydroxyl groups is 1. The molecule has 3 rings (SSSR count). The molecule has 35 heavy (non-hydrogen) atoms. The van der Waals surface area contributed by atoms with Crippen LogP contribution in [0, 0.1) is 5.41 Å². The van der Waals surface area contributed by atoms with E-state index in [0.29, 0.717) is 52.1 Å². The topological polar surface area (TPSA) is 60.4 Å². The molecule has 1 aliphatic heterocycles. The minimum absolute atomic E-state index is 0.0521. The molecule has 0 atom stereocenters. The summed E-state index contributed by atoms with van der Waals surface area (Å²) >= 11 is 0. The Morgan fingerprint density at radius 1 is 0.800 bits per heavy atom. The lowest BCUT2D eigenvalue weighted by atomic mass is 9.76. The monoisotopic (exact) mass is 491 g/mol. The molecule has 0 bridgehead atoms. The molecule has 6 nitrogen and oxygen atoms in total. The van der Waals surface area contributed by atoms with Gasteiger partial charge in [-0.05, 0) is 72.1 Å². The Labute approximate surface area is 213 Å². The van der Waals surface area contributed by atoms with E-state index in [4.69, 9.17) is 18.9 Å². The van der Waals surface area contributed by atoms with Crippen molar-refractivity contribution in [3.05, 3.63) is 29.8 Å². The van der Waals surface area contributed by atoms with Crippen molar-refractivity contribution in [3.63, 3.8) is 0 Å². The number of ether oxygens (including phenoxy) is 4. The van der Waals surface area contributed by atoms with E-state index >= 15 is 0 Å². The molecule has 0 amide bonds. The van der Waals surface area contributed by atoms with Crippen molar-refractivity contribution in [2.75, 3.05) is 44.4 Å². The van der Waals surface area contributed by atoms with Gasteiger partial charge < -0.3 is 29.0 Å². The van der Waals surface area contributed by atoms with E-state index in [0.717, 1.165) is 24.3 Å². The van der Waals surface area contributed by atoms with Gasteiger partial charge in [0.15, 0.2) is 5.79 Å². The number of hydrogen-bond donors (Lipinski definition) is 1. The summed E-state index contributed by atoms with van der Waals surface area (Å²) in [6, 6.07) is 8.37. The zero-order valence-corrected chi connectivity index (χ0v) is 23.4. The van der Waals surface area contributed by atoms with Crippen LogP contribution in [0.2, 0.25) is 0 Å². The molecular weight excluding hydrogens is 442 g/mol. The second kappa shape index (κ2) is 10.7. The third kappa shape index (κ3) is 8.43. The normalized spacial score (nSPS) is 21.7. The van der Waals surface area contributed by atoms with E-state index in [1.165, 1.54) is 0 Å². The third-order valence-corrected chi connectivity index (χ3v) is 6.85. The summed E-state index contributed by atoms with van der Waals surface area (Å²) in [7, 11) is 0. The van der Waals surface area contributed by atoms with Crippen LogP contribution < -0.4 is 4.90 Å². The molecule has 1 aliphatic carbocycles. The summed E-state index contributed by atoms with van der Waals surface area (Å²) in [5, 5.41) is 11.5. The Morgan fingerprint density at radius 3 is 1.69 bits per heavy atom. The van der Waals surface area contributed by atoms with E-state index in [1.54, 1.807) is 0 Å². The molecule has 2 fully saturated rings. The van der Waals surface area contributed by atoms with Crippen molar-refractivity contribution in [1.29, 1.82) is 0 Å². The Bertz CT molecular complexity index is 766. The first-order valence-electron chi connectivity index (χ1n) is 13.2. The molecule has 1 aromatic carbocycles. The maximum absolute atomic E-state index is 11.5. The standard InChI is InChI=1S/C29H49NO5/c1-25(2,3)32-19-17-30(18-20-33-26(4,5)6)24-11-9-23(10-12-24)28(31)13-15-29(16-14-28)34-21-27(7,8)22-35-29/h9-12,31H,13-22H2,1-8H3. The fourth-order valence-electron chi connectivity index (χ4n) is 4.64.